The van der Waals surface area contributed by atoms with Gasteiger partial charge in [0, 0.05) is 5.41 Å². The molecule has 0 aliphatic rings. The maximum Gasteiger partial charge on any atom is 0.231 e. The number of anilines is 3. The highest BCUT2D eigenvalue weighted by Crippen LogP contribution is 2.27. The van der Waals surface area contributed by atoms with Gasteiger partial charge >= 0.3 is 0 Å². The quantitative estimate of drug-likeness (QED) is 0.819. The van der Waals surface area contributed by atoms with Gasteiger partial charge in [0.25, 0.3) is 0 Å². The van der Waals surface area contributed by atoms with E-state index in [9.17, 15) is 9.18 Å². The molecule has 0 atom stereocenters. The Morgan fingerprint density at radius 1 is 1.25 bits per heavy atom. The van der Waals surface area contributed by atoms with Gasteiger partial charge in [0.05, 0.1) is 13.3 Å². The molecule has 0 bridgehead atoms. The average Bonchev–Trinajstić information content (AvgIpc) is 2.50. The Balaban J connectivity index is 2.31. The van der Waals surface area contributed by atoms with E-state index in [0.717, 1.165) is 6.20 Å². The average molecular weight is 354 g/mol. The fraction of sp³-hybridized carbons (Fsp3) is 0.333. The number of methoxy groups -OCH3 is 1. The second kappa shape index (κ2) is 6.96. The second-order valence-electron chi connectivity index (χ2n) is 5.91. The molecule has 0 radical (unpaired) electrons. The summed E-state index contributed by atoms with van der Waals surface area (Å²) >= 11 is 5.65. The zero-order valence-corrected chi connectivity index (χ0v) is 14.4. The van der Waals surface area contributed by atoms with Gasteiger partial charge in [-0.3, -0.25) is 4.79 Å². The van der Waals surface area contributed by atoms with Gasteiger partial charge in [-0.1, -0.05) is 20.8 Å². The molecule has 0 saturated heterocycles. The Labute approximate surface area is 143 Å². The number of carbonyl (C=O) groups is 1. The first-order valence-electron chi connectivity index (χ1n) is 7.02. The Morgan fingerprint density at radius 3 is 2.58 bits per heavy atom. The monoisotopic (exact) mass is 353 g/mol. The van der Waals surface area contributed by atoms with Crippen molar-refractivity contribution in [2.75, 3.05) is 17.7 Å². The molecule has 0 aliphatic heterocycles. The van der Waals surface area contributed by atoms with Crippen LogP contribution >= 0.6 is 11.6 Å². The zero-order valence-electron chi connectivity index (χ0n) is 13.6. The predicted octanol–water partition coefficient (Wildman–Crippen LogP) is 3.40. The van der Waals surface area contributed by atoms with Crippen LogP contribution in [0.1, 0.15) is 20.8 Å². The van der Waals surface area contributed by atoms with E-state index < -0.39 is 11.2 Å². The molecule has 0 unspecified atom stereocenters. The molecule has 0 fully saturated rings. The number of pyridine rings is 1. The molecule has 7 nitrogen and oxygen atoms in total. The molecule has 2 rings (SSSR count). The van der Waals surface area contributed by atoms with Crippen LogP contribution in [-0.4, -0.2) is 28.0 Å². The zero-order chi connectivity index (χ0) is 17.9. The third-order valence-electron chi connectivity index (χ3n) is 2.95. The van der Waals surface area contributed by atoms with Gasteiger partial charge in [-0.15, -0.1) is 0 Å². The fourth-order valence-electron chi connectivity index (χ4n) is 1.62. The molecule has 9 heteroatoms. The third-order valence-corrected chi connectivity index (χ3v) is 3.13. The van der Waals surface area contributed by atoms with Crippen molar-refractivity contribution in [1.82, 2.24) is 15.0 Å². The molecule has 2 N–H and O–H groups in total. The number of ether oxygens (including phenoxy) is 1. The van der Waals surface area contributed by atoms with E-state index in [4.69, 9.17) is 16.3 Å². The van der Waals surface area contributed by atoms with E-state index in [2.05, 4.69) is 25.6 Å². The minimum absolute atomic E-state index is 0.103. The van der Waals surface area contributed by atoms with E-state index in [1.54, 1.807) is 32.9 Å². The van der Waals surface area contributed by atoms with Gasteiger partial charge in [-0.25, -0.2) is 14.4 Å². The highest BCUT2D eigenvalue weighted by atomic mass is 35.5. The predicted molar refractivity (Wildman–Crippen MR) is 89.2 cm³/mol. The van der Waals surface area contributed by atoms with Gasteiger partial charge in [-0.05, 0) is 23.7 Å². The number of nitrogens with zero attached hydrogens (tertiary/aromatic N) is 3. The van der Waals surface area contributed by atoms with Crippen molar-refractivity contribution in [2.24, 2.45) is 5.41 Å². The van der Waals surface area contributed by atoms with E-state index in [1.165, 1.54) is 7.11 Å². The fourth-order valence-corrected chi connectivity index (χ4v) is 1.75. The summed E-state index contributed by atoms with van der Waals surface area (Å²) in [7, 11) is 1.46. The molecule has 2 heterocycles. The molecule has 0 saturated carbocycles. The van der Waals surface area contributed by atoms with Crippen molar-refractivity contribution >= 4 is 35.0 Å². The topological polar surface area (TPSA) is 89.0 Å². The molecule has 0 spiro atoms. The number of nitrogens with one attached hydrogen (secondary N) is 2. The maximum atomic E-state index is 13.7. The normalized spacial score (nSPS) is 11.1. The standard InChI is InChI=1S/C15H17ClFN5O2/c1-15(2,3)13(23)21-12-9(24-4)5-6-10(20-12)19-11-8(17)7-18-14(16)22-11/h5-7H,1-4H3,(H2,18,19,20,21,22,23). The van der Waals surface area contributed by atoms with Crippen LogP contribution in [0.2, 0.25) is 5.28 Å². The van der Waals surface area contributed by atoms with Crippen LogP contribution in [0.3, 0.4) is 0 Å². The van der Waals surface area contributed by atoms with E-state index >= 15 is 0 Å². The summed E-state index contributed by atoms with van der Waals surface area (Å²) in [6.45, 7) is 5.32. The molecule has 1 amide bonds. The second-order valence-corrected chi connectivity index (χ2v) is 6.25. The van der Waals surface area contributed by atoms with Crippen molar-refractivity contribution in [2.45, 2.75) is 20.8 Å². The number of rotatable bonds is 4. The highest BCUT2D eigenvalue weighted by Gasteiger charge is 2.23. The summed E-state index contributed by atoms with van der Waals surface area (Å²) in [6, 6.07) is 3.15. The first-order chi connectivity index (χ1) is 11.2. The minimum Gasteiger partial charge on any atom is -0.493 e. The number of carbonyl (C=O) groups excluding carboxylic acids is 1. The van der Waals surface area contributed by atoms with Crippen molar-refractivity contribution < 1.29 is 13.9 Å². The number of amides is 1. The smallest absolute Gasteiger partial charge is 0.231 e. The Hall–Kier alpha value is -2.48. The summed E-state index contributed by atoms with van der Waals surface area (Å²) < 4.78 is 18.9. The first kappa shape index (κ1) is 17.9. The Bertz CT molecular complexity index is 764. The van der Waals surface area contributed by atoms with Crippen LogP contribution in [0.5, 0.6) is 5.75 Å². The summed E-state index contributed by atoms with van der Waals surface area (Å²) in [5, 5.41) is 5.27. The van der Waals surface area contributed by atoms with Crippen molar-refractivity contribution in [3.05, 3.63) is 29.4 Å². The van der Waals surface area contributed by atoms with E-state index in [1.807, 2.05) is 0 Å². The van der Waals surface area contributed by atoms with Crippen molar-refractivity contribution in [1.29, 1.82) is 0 Å². The van der Waals surface area contributed by atoms with Crippen LogP contribution in [0.15, 0.2) is 18.3 Å². The highest BCUT2D eigenvalue weighted by molar-refractivity contribution is 6.28. The lowest BCUT2D eigenvalue weighted by atomic mass is 9.96. The molecule has 2 aromatic heterocycles. The van der Waals surface area contributed by atoms with Gasteiger partial charge < -0.3 is 15.4 Å². The molecular formula is C15H17ClFN5O2. The van der Waals surface area contributed by atoms with Gasteiger partial charge in [0.1, 0.15) is 5.82 Å². The lowest BCUT2D eigenvalue weighted by molar-refractivity contribution is -0.123. The number of halogens is 2. The maximum absolute atomic E-state index is 13.7. The largest absolute Gasteiger partial charge is 0.493 e. The van der Waals surface area contributed by atoms with Gasteiger partial charge in [0.15, 0.2) is 23.2 Å². The van der Waals surface area contributed by atoms with E-state index in [-0.39, 0.29) is 28.6 Å². The lowest BCUT2D eigenvalue weighted by Crippen LogP contribution is -2.28. The summed E-state index contributed by atoms with van der Waals surface area (Å²) in [5.41, 5.74) is -0.609. The molecule has 128 valence electrons. The summed E-state index contributed by atoms with van der Waals surface area (Å²) in [4.78, 5) is 23.7. The summed E-state index contributed by atoms with van der Waals surface area (Å²) in [5.74, 6) is -0.198. The van der Waals surface area contributed by atoms with Crippen LogP contribution < -0.4 is 15.4 Å². The van der Waals surface area contributed by atoms with Crippen LogP contribution in [0.25, 0.3) is 0 Å². The number of hydrogen-bond donors (Lipinski definition) is 2. The minimum atomic E-state index is -0.683. The van der Waals surface area contributed by atoms with Crippen molar-refractivity contribution in [3.63, 3.8) is 0 Å². The van der Waals surface area contributed by atoms with Crippen molar-refractivity contribution in [3.8, 4) is 5.75 Å². The van der Waals surface area contributed by atoms with Crippen LogP contribution in [0, 0.1) is 11.2 Å². The Morgan fingerprint density at radius 2 is 1.96 bits per heavy atom. The number of hydrogen-bond acceptors (Lipinski definition) is 6. The van der Waals surface area contributed by atoms with Crippen LogP contribution in [0.4, 0.5) is 21.8 Å². The van der Waals surface area contributed by atoms with E-state index in [0.29, 0.717) is 5.75 Å². The molecule has 2 aromatic rings. The first-order valence-corrected chi connectivity index (χ1v) is 7.40. The number of aromatic nitrogens is 3. The molecule has 24 heavy (non-hydrogen) atoms. The van der Waals surface area contributed by atoms with Gasteiger partial charge in [-0.2, -0.15) is 4.98 Å². The molecule has 0 aromatic carbocycles. The SMILES string of the molecule is COc1ccc(Nc2nc(Cl)ncc2F)nc1NC(=O)C(C)(C)C. The molecule has 0 aliphatic carbocycles. The lowest BCUT2D eigenvalue weighted by Gasteiger charge is -2.19. The molecular weight excluding hydrogens is 337 g/mol. The third kappa shape index (κ3) is 4.29. The van der Waals surface area contributed by atoms with Crippen LogP contribution in [-0.2, 0) is 4.79 Å². The van der Waals surface area contributed by atoms with Gasteiger partial charge in [0.2, 0.25) is 11.2 Å². The Kier molecular flexibility index (Phi) is 5.18. The summed E-state index contributed by atoms with van der Waals surface area (Å²) in [6.07, 6.45) is 0.948.